The first-order valence-corrected chi connectivity index (χ1v) is 9.70. The van der Waals surface area contributed by atoms with Crippen LogP contribution in [-0.4, -0.2) is 26.4 Å². The summed E-state index contributed by atoms with van der Waals surface area (Å²) in [5, 5.41) is 12.2. The number of aromatic nitrogens is 3. The number of benzene rings is 1. The highest BCUT2D eigenvalue weighted by Gasteiger charge is 2.17. The predicted molar refractivity (Wildman–Crippen MR) is 106 cm³/mol. The highest BCUT2D eigenvalue weighted by molar-refractivity contribution is 9.10. The maximum atomic E-state index is 12.2. The molecule has 1 N–H and O–H groups in total. The van der Waals surface area contributed by atoms with Crippen LogP contribution in [0.5, 0.6) is 0 Å². The molecule has 2 aromatic heterocycles. The molecule has 0 bridgehead atoms. The topological polar surface area (TPSA) is 73.0 Å². The number of hydrogen-bond donors (Lipinski definition) is 1. The van der Waals surface area contributed by atoms with Crippen LogP contribution in [0.2, 0.25) is 5.02 Å². The molecule has 9 heteroatoms. The zero-order valence-electron chi connectivity index (χ0n) is 13.5. The molecule has 3 aromatic rings. The molecule has 0 aliphatic rings. The monoisotopic (exact) mass is 452 g/mol. The van der Waals surface area contributed by atoms with Gasteiger partial charge in [0.25, 0.3) is 0 Å². The van der Waals surface area contributed by atoms with E-state index < -0.39 is 0 Å². The lowest BCUT2D eigenvalue weighted by Gasteiger charge is -2.08. The second kappa shape index (κ2) is 8.57. The molecule has 0 atom stereocenters. The van der Waals surface area contributed by atoms with E-state index in [0.717, 1.165) is 4.47 Å². The number of furan rings is 1. The van der Waals surface area contributed by atoms with Gasteiger partial charge in [-0.15, -0.1) is 16.8 Å². The predicted octanol–water partition coefficient (Wildman–Crippen LogP) is 4.87. The van der Waals surface area contributed by atoms with E-state index in [0.29, 0.717) is 34.0 Å². The summed E-state index contributed by atoms with van der Waals surface area (Å²) in [6, 6.07) is 8.86. The summed E-state index contributed by atoms with van der Waals surface area (Å²) in [4.78, 5) is 12.2. The summed E-state index contributed by atoms with van der Waals surface area (Å²) >= 11 is 10.7. The molecule has 2 heterocycles. The molecular formula is C17H14BrClN4O2S. The van der Waals surface area contributed by atoms with Crippen LogP contribution >= 0.6 is 39.3 Å². The number of nitrogens with zero attached hydrogens (tertiary/aromatic N) is 3. The first kappa shape index (κ1) is 18.8. The quantitative estimate of drug-likeness (QED) is 0.408. The normalized spacial score (nSPS) is 10.7. The number of carbonyl (C=O) groups is 1. The molecule has 1 amide bonds. The number of carbonyl (C=O) groups excluding carboxylic acids is 1. The van der Waals surface area contributed by atoms with Crippen LogP contribution in [0.15, 0.2) is 63.3 Å². The summed E-state index contributed by atoms with van der Waals surface area (Å²) in [6.07, 6.45) is 3.31. The number of amides is 1. The third kappa shape index (κ3) is 4.38. The number of thioether (sulfide) groups is 1. The van der Waals surface area contributed by atoms with Crippen molar-refractivity contribution in [1.82, 2.24) is 14.8 Å². The van der Waals surface area contributed by atoms with Gasteiger partial charge in [0.2, 0.25) is 11.7 Å². The average molecular weight is 454 g/mol. The molecule has 3 rings (SSSR count). The number of halogens is 2. The Kier molecular flexibility index (Phi) is 6.18. The van der Waals surface area contributed by atoms with Gasteiger partial charge in [-0.1, -0.05) is 45.4 Å². The van der Waals surface area contributed by atoms with Crippen molar-refractivity contribution in [3.8, 4) is 11.6 Å². The van der Waals surface area contributed by atoms with Crippen LogP contribution in [-0.2, 0) is 11.3 Å². The van der Waals surface area contributed by atoms with Crippen LogP contribution in [0.1, 0.15) is 0 Å². The second-order valence-corrected chi connectivity index (χ2v) is 7.41. The molecule has 0 unspecified atom stereocenters. The largest absolute Gasteiger partial charge is 0.461 e. The molecule has 0 aliphatic heterocycles. The summed E-state index contributed by atoms with van der Waals surface area (Å²) < 4.78 is 8.07. The van der Waals surface area contributed by atoms with E-state index in [9.17, 15) is 4.79 Å². The Morgan fingerprint density at radius 3 is 2.96 bits per heavy atom. The maximum absolute atomic E-state index is 12.2. The van der Waals surface area contributed by atoms with E-state index in [1.807, 2.05) is 10.6 Å². The van der Waals surface area contributed by atoms with Crippen molar-refractivity contribution in [2.75, 3.05) is 11.1 Å². The second-order valence-electron chi connectivity index (χ2n) is 5.14. The highest BCUT2D eigenvalue weighted by atomic mass is 79.9. The molecule has 0 saturated heterocycles. The fourth-order valence-corrected chi connectivity index (χ4v) is 3.65. The molecule has 6 nitrogen and oxygen atoms in total. The summed E-state index contributed by atoms with van der Waals surface area (Å²) in [6.45, 7) is 4.26. The Balaban J connectivity index is 1.69. The Morgan fingerprint density at radius 2 is 2.27 bits per heavy atom. The molecule has 1 aromatic carbocycles. The maximum Gasteiger partial charge on any atom is 0.234 e. The number of allylic oxidation sites excluding steroid dienone is 1. The Labute approximate surface area is 167 Å². The molecule has 0 radical (unpaired) electrons. The van der Waals surface area contributed by atoms with Crippen molar-refractivity contribution < 1.29 is 9.21 Å². The number of rotatable bonds is 7. The van der Waals surface area contributed by atoms with Crippen LogP contribution in [0, 0.1) is 0 Å². The molecule has 0 aliphatic carbocycles. The first-order valence-electron chi connectivity index (χ1n) is 7.54. The van der Waals surface area contributed by atoms with Crippen LogP contribution in [0.3, 0.4) is 0 Å². The van der Waals surface area contributed by atoms with Crippen molar-refractivity contribution >= 4 is 50.9 Å². The van der Waals surface area contributed by atoms with E-state index in [4.69, 9.17) is 16.0 Å². The number of nitrogens with one attached hydrogen (secondary N) is 1. The molecule has 26 heavy (non-hydrogen) atoms. The number of anilines is 1. The smallest absolute Gasteiger partial charge is 0.234 e. The summed E-state index contributed by atoms with van der Waals surface area (Å²) in [5.74, 6) is 1.18. The van der Waals surface area contributed by atoms with Gasteiger partial charge in [-0.25, -0.2) is 0 Å². The fraction of sp³-hybridized carbons (Fsp3) is 0.118. The Hall–Kier alpha value is -2.03. The van der Waals surface area contributed by atoms with Crippen molar-refractivity contribution in [2.24, 2.45) is 0 Å². The third-order valence-electron chi connectivity index (χ3n) is 3.31. The van der Waals surface area contributed by atoms with E-state index in [1.54, 1.807) is 36.6 Å². The molecule has 0 fully saturated rings. The van der Waals surface area contributed by atoms with Gasteiger partial charge in [-0.3, -0.25) is 9.36 Å². The molecular weight excluding hydrogens is 440 g/mol. The lowest BCUT2D eigenvalue weighted by Crippen LogP contribution is -2.15. The van der Waals surface area contributed by atoms with Gasteiger partial charge < -0.3 is 9.73 Å². The van der Waals surface area contributed by atoms with E-state index >= 15 is 0 Å². The van der Waals surface area contributed by atoms with Gasteiger partial charge in [0.1, 0.15) is 0 Å². The van der Waals surface area contributed by atoms with E-state index in [1.165, 1.54) is 11.8 Å². The summed E-state index contributed by atoms with van der Waals surface area (Å²) in [5.41, 5.74) is 0.560. The SMILES string of the molecule is C=CCn1c(SCC(=O)Nc2ccc(Br)cc2Cl)nnc1-c1ccco1. The Bertz CT molecular complexity index is 927. The van der Waals surface area contributed by atoms with Crippen molar-refractivity contribution in [3.63, 3.8) is 0 Å². The van der Waals surface area contributed by atoms with E-state index in [2.05, 4.69) is 38.0 Å². The van der Waals surface area contributed by atoms with Crippen molar-refractivity contribution in [2.45, 2.75) is 11.7 Å². The highest BCUT2D eigenvalue weighted by Crippen LogP contribution is 2.27. The molecule has 0 spiro atoms. The minimum atomic E-state index is -0.188. The first-order chi connectivity index (χ1) is 12.6. The van der Waals surface area contributed by atoms with Gasteiger partial charge in [0, 0.05) is 11.0 Å². The third-order valence-corrected chi connectivity index (χ3v) is 5.08. The zero-order valence-corrected chi connectivity index (χ0v) is 16.6. The van der Waals surface area contributed by atoms with Crippen molar-refractivity contribution in [1.29, 1.82) is 0 Å². The van der Waals surface area contributed by atoms with Gasteiger partial charge in [-0.2, -0.15) is 0 Å². The van der Waals surface area contributed by atoms with Gasteiger partial charge in [0.05, 0.1) is 22.7 Å². The lowest BCUT2D eigenvalue weighted by atomic mass is 10.3. The standard InChI is InChI=1S/C17H14BrClN4O2S/c1-2-7-23-16(14-4-3-8-25-14)21-22-17(23)26-10-15(24)20-13-6-5-11(18)9-12(13)19/h2-6,8-9H,1,7,10H2,(H,20,24). The average Bonchev–Trinajstić information content (AvgIpc) is 3.26. The zero-order chi connectivity index (χ0) is 18.5. The Morgan fingerprint density at radius 1 is 1.42 bits per heavy atom. The minimum Gasteiger partial charge on any atom is -0.461 e. The van der Waals surface area contributed by atoms with Crippen molar-refractivity contribution in [3.05, 3.63) is 58.7 Å². The van der Waals surface area contributed by atoms with Crippen LogP contribution in [0.25, 0.3) is 11.6 Å². The van der Waals surface area contributed by atoms with Crippen LogP contribution < -0.4 is 5.32 Å². The van der Waals surface area contributed by atoms with E-state index in [-0.39, 0.29) is 11.7 Å². The van der Waals surface area contributed by atoms with Crippen LogP contribution in [0.4, 0.5) is 5.69 Å². The number of hydrogen-bond acceptors (Lipinski definition) is 5. The summed E-state index contributed by atoms with van der Waals surface area (Å²) in [7, 11) is 0. The lowest BCUT2D eigenvalue weighted by molar-refractivity contribution is -0.113. The van der Waals surface area contributed by atoms with Gasteiger partial charge in [-0.05, 0) is 30.3 Å². The minimum absolute atomic E-state index is 0.166. The fourth-order valence-electron chi connectivity index (χ4n) is 2.18. The van der Waals surface area contributed by atoms with Gasteiger partial charge >= 0.3 is 0 Å². The van der Waals surface area contributed by atoms with Gasteiger partial charge in [0.15, 0.2) is 10.9 Å². The molecule has 0 saturated carbocycles. The molecule has 134 valence electrons.